The number of alkyl halides is 1. The lowest BCUT2D eigenvalue weighted by Crippen LogP contribution is -2.37. The van der Waals surface area contributed by atoms with Crippen LogP contribution in [-0.4, -0.2) is 33.0 Å². The molecule has 104 valence electrons. The molecule has 6 nitrogen and oxygen atoms in total. The first-order valence-electron chi connectivity index (χ1n) is 6.33. The van der Waals surface area contributed by atoms with Gasteiger partial charge in [-0.1, -0.05) is 0 Å². The molecule has 0 spiro atoms. The molecular weight excluding hydrogens is 253 g/mol. The summed E-state index contributed by atoms with van der Waals surface area (Å²) in [5.74, 6) is 0.267. The molecule has 7 heteroatoms. The fourth-order valence-electron chi connectivity index (χ4n) is 2.75. The second kappa shape index (κ2) is 4.28. The normalized spacial score (nSPS) is 34.6. The molecule has 2 aliphatic rings. The van der Waals surface area contributed by atoms with Crippen molar-refractivity contribution in [2.24, 2.45) is 5.92 Å². The molecule has 19 heavy (non-hydrogen) atoms. The number of aromatic nitrogens is 2. The van der Waals surface area contributed by atoms with E-state index in [2.05, 4.69) is 4.98 Å². The van der Waals surface area contributed by atoms with Crippen LogP contribution in [0.4, 0.5) is 10.2 Å². The molecule has 0 radical (unpaired) electrons. The van der Waals surface area contributed by atoms with Crippen molar-refractivity contribution in [3.8, 4) is 0 Å². The highest BCUT2D eigenvalue weighted by Crippen LogP contribution is 2.51. The van der Waals surface area contributed by atoms with Crippen molar-refractivity contribution in [3.63, 3.8) is 0 Å². The Morgan fingerprint density at radius 2 is 2.37 bits per heavy atom. The van der Waals surface area contributed by atoms with Crippen molar-refractivity contribution in [2.45, 2.75) is 37.3 Å². The zero-order valence-corrected chi connectivity index (χ0v) is 10.3. The molecule has 1 saturated heterocycles. The van der Waals surface area contributed by atoms with Crippen LogP contribution < -0.4 is 11.4 Å². The van der Waals surface area contributed by atoms with Crippen molar-refractivity contribution in [3.05, 3.63) is 22.7 Å². The summed E-state index contributed by atoms with van der Waals surface area (Å²) in [4.78, 5) is 15.3. The Bertz CT molecular complexity index is 545. The standard InChI is InChI=1S/C12H16FN3O3/c13-8-5-12(6-17,7-1-2-7)19-10(8)16-4-3-9(14)15-11(16)18/h3-4,7-8,10,17H,1-2,5-6H2,(H2,14,15,18)/t8-,10+,12-/m0/s1. The van der Waals surface area contributed by atoms with Crippen LogP contribution in [0.25, 0.3) is 0 Å². The van der Waals surface area contributed by atoms with Crippen LogP contribution >= 0.6 is 0 Å². The summed E-state index contributed by atoms with van der Waals surface area (Å²) < 4.78 is 21.0. The number of halogens is 1. The number of ether oxygens (including phenoxy) is 1. The van der Waals surface area contributed by atoms with E-state index in [1.165, 1.54) is 12.3 Å². The summed E-state index contributed by atoms with van der Waals surface area (Å²) >= 11 is 0. The third kappa shape index (κ3) is 2.02. The van der Waals surface area contributed by atoms with Gasteiger partial charge in [-0.25, -0.2) is 9.18 Å². The molecule has 1 aromatic heterocycles. The number of hydrogen-bond donors (Lipinski definition) is 2. The van der Waals surface area contributed by atoms with Gasteiger partial charge in [0.15, 0.2) is 6.23 Å². The Morgan fingerprint density at radius 3 is 2.95 bits per heavy atom. The summed E-state index contributed by atoms with van der Waals surface area (Å²) in [6, 6.07) is 1.42. The molecule has 1 aliphatic carbocycles. The van der Waals surface area contributed by atoms with E-state index < -0.39 is 23.7 Å². The molecule has 3 atom stereocenters. The van der Waals surface area contributed by atoms with E-state index in [1.54, 1.807) is 0 Å². The van der Waals surface area contributed by atoms with E-state index in [0.717, 1.165) is 17.4 Å². The Morgan fingerprint density at radius 1 is 1.63 bits per heavy atom. The molecule has 1 saturated carbocycles. The second-order valence-corrected chi connectivity index (χ2v) is 5.27. The fraction of sp³-hybridized carbons (Fsp3) is 0.667. The maximum atomic E-state index is 14.2. The van der Waals surface area contributed by atoms with Crippen LogP contribution in [0.1, 0.15) is 25.5 Å². The van der Waals surface area contributed by atoms with E-state index in [9.17, 15) is 14.3 Å². The summed E-state index contributed by atoms with van der Waals surface area (Å²) in [7, 11) is 0. The predicted octanol–water partition coefficient (Wildman–Crippen LogP) is 0.224. The van der Waals surface area contributed by atoms with Gasteiger partial charge in [0.2, 0.25) is 0 Å². The fourth-order valence-corrected chi connectivity index (χ4v) is 2.75. The predicted molar refractivity (Wildman–Crippen MR) is 65.1 cm³/mol. The van der Waals surface area contributed by atoms with Crippen molar-refractivity contribution in [1.82, 2.24) is 9.55 Å². The molecule has 2 heterocycles. The van der Waals surface area contributed by atoms with Gasteiger partial charge in [0.05, 0.1) is 12.2 Å². The SMILES string of the molecule is Nc1ccn([C@@H]2O[C@@](CO)(C3CC3)C[C@@H]2F)c(=O)n1. The number of hydrogen-bond acceptors (Lipinski definition) is 5. The number of anilines is 1. The van der Waals surface area contributed by atoms with Gasteiger partial charge in [0.1, 0.15) is 12.0 Å². The minimum atomic E-state index is -1.34. The summed E-state index contributed by atoms with van der Waals surface area (Å²) in [6.07, 6.45) is 0.964. The Balaban J connectivity index is 1.91. The van der Waals surface area contributed by atoms with Gasteiger partial charge in [-0.2, -0.15) is 4.98 Å². The zero-order valence-electron chi connectivity index (χ0n) is 10.3. The molecule has 0 bridgehead atoms. The Kier molecular flexibility index (Phi) is 2.83. The van der Waals surface area contributed by atoms with Gasteiger partial charge in [-0.15, -0.1) is 0 Å². The van der Waals surface area contributed by atoms with Gasteiger partial charge < -0.3 is 15.6 Å². The molecule has 3 rings (SSSR count). The molecule has 0 aromatic carbocycles. The maximum Gasteiger partial charge on any atom is 0.351 e. The molecule has 3 N–H and O–H groups in total. The highest BCUT2D eigenvalue weighted by molar-refractivity contribution is 5.23. The third-order valence-electron chi connectivity index (χ3n) is 3.92. The molecule has 2 fully saturated rings. The van der Waals surface area contributed by atoms with Crippen molar-refractivity contribution in [1.29, 1.82) is 0 Å². The smallest absolute Gasteiger partial charge is 0.351 e. The second-order valence-electron chi connectivity index (χ2n) is 5.27. The average molecular weight is 269 g/mol. The van der Waals surface area contributed by atoms with Crippen LogP contribution in [0, 0.1) is 5.92 Å². The largest absolute Gasteiger partial charge is 0.393 e. The number of aliphatic hydroxyl groups is 1. The first-order chi connectivity index (χ1) is 9.05. The molecule has 0 unspecified atom stereocenters. The van der Waals surface area contributed by atoms with Crippen LogP contribution in [0.5, 0.6) is 0 Å². The minimum absolute atomic E-state index is 0.0882. The monoisotopic (exact) mass is 269 g/mol. The highest BCUT2D eigenvalue weighted by atomic mass is 19.1. The molecule has 1 aliphatic heterocycles. The van der Waals surface area contributed by atoms with Gasteiger partial charge in [0, 0.05) is 12.6 Å². The lowest BCUT2D eigenvalue weighted by atomic mass is 9.94. The van der Waals surface area contributed by atoms with Crippen molar-refractivity contribution < 1.29 is 14.2 Å². The first kappa shape index (κ1) is 12.6. The van der Waals surface area contributed by atoms with E-state index in [0.29, 0.717) is 0 Å². The Labute approximate surface area is 109 Å². The molecular formula is C12H16FN3O3. The summed E-state index contributed by atoms with van der Waals surface area (Å²) in [5, 5.41) is 9.51. The van der Waals surface area contributed by atoms with E-state index in [-0.39, 0.29) is 24.8 Å². The van der Waals surface area contributed by atoms with Gasteiger partial charge >= 0.3 is 5.69 Å². The lowest BCUT2D eigenvalue weighted by molar-refractivity contribution is -0.117. The van der Waals surface area contributed by atoms with Crippen LogP contribution in [0.15, 0.2) is 17.1 Å². The van der Waals surface area contributed by atoms with Gasteiger partial charge in [-0.3, -0.25) is 4.57 Å². The minimum Gasteiger partial charge on any atom is -0.393 e. The highest BCUT2D eigenvalue weighted by Gasteiger charge is 2.55. The number of nitrogens with two attached hydrogens (primary N) is 1. The average Bonchev–Trinajstić information content (AvgIpc) is 3.16. The van der Waals surface area contributed by atoms with E-state index >= 15 is 0 Å². The lowest BCUT2D eigenvalue weighted by Gasteiger charge is -2.26. The van der Waals surface area contributed by atoms with Crippen molar-refractivity contribution in [2.75, 3.05) is 12.3 Å². The topological polar surface area (TPSA) is 90.4 Å². The first-order valence-corrected chi connectivity index (χ1v) is 6.33. The van der Waals surface area contributed by atoms with Gasteiger partial charge in [-0.05, 0) is 24.8 Å². The molecule has 1 aromatic rings. The van der Waals surface area contributed by atoms with Crippen LogP contribution in [0.2, 0.25) is 0 Å². The zero-order chi connectivity index (χ0) is 13.6. The number of nitrogen functional groups attached to an aromatic ring is 1. The van der Waals surface area contributed by atoms with E-state index in [4.69, 9.17) is 10.5 Å². The van der Waals surface area contributed by atoms with Crippen LogP contribution in [0.3, 0.4) is 0 Å². The maximum absolute atomic E-state index is 14.2. The van der Waals surface area contributed by atoms with Crippen LogP contribution in [-0.2, 0) is 4.74 Å². The van der Waals surface area contributed by atoms with Crippen molar-refractivity contribution >= 4 is 5.82 Å². The number of aliphatic hydroxyl groups excluding tert-OH is 1. The molecule has 0 amide bonds. The third-order valence-corrected chi connectivity index (χ3v) is 3.92. The van der Waals surface area contributed by atoms with E-state index in [1.807, 2.05) is 0 Å². The number of nitrogens with zero attached hydrogens (tertiary/aromatic N) is 2. The van der Waals surface area contributed by atoms with Gasteiger partial charge in [0.25, 0.3) is 0 Å². The summed E-state index contributed by atoms with van der Waals surface area (Å²) in [5.41, 5.74) is 3.90. The quantitative estimate of drug-likeness (QED) is 0.819. The Hall–Kier alpha value is -1.47. The number of rotatable bonds is 3. The summed E-state index contributed by atoms with van der Waals surface area (Å²) in [6.45, 7) is -0.230.